The van der Waals surface area contributed by atoms with E-state index in [1.165, 1.54) is 28.8 Å². The lowest BCUT2D eigenvalue weighted by Gasteiger charge is -2.47. The number of carbonyl (C=O) groups excluding carboxylic acids is 1. The third-order valence-electron chi connectivity index (χ3n) is 5.98. The number of ether oxygens (including phenoxy) is 1. The van der Waals surface area contributed by atoms with Crippen LogP contribution in [0.15, 0.2) is 42.5 Å². The van der Waals surface area contributed by atoms with Crippen LogP contribution in [0.3, 0.4) is 0 Å². The average molecular weight is 382 g/mol. The van der Waals surface area contributed by atoms with Gasteiger partial charge in [0.05, 0.1) is 12.1 Å². The van der Waals surface area contributed by atoms with Gasteiger partial charge in [0.15, 0.2) is 0 Å². The molecule has 2 aliphatic rings. The number of halogens is 1. The van der Waals surface area contributed by atoms with Crippen LogP contribution in [0.2, 0.25) is 0 Å². The summed E-state index contributed by atoms with van der Waals surface area (Å²) in [5.74, 6) is -0.361. The summed E-state index contributed by atoms with van der Waals surface area (Å²) in [5.41, 5.74) is 4.30. The molecule has 2 aromatic carbocycles. The quantitative estimate of drug-likeness (QED) is 0.809. The minimum atomic E-state index is -0.361. The Kier molecular flexibility index (Phi) is 5.21. The number of hydrogen-bond acceptors (Lipinski definition) is 3. The zero-order valence-corrected chi connectivity index (χ0v) is 16.6. The van der Waals surface area contributed by atoms with Gasteiger partial charge in [-0.05, 0) is 74.2 Å². The highest BCUT2D eigenvalue weighted by molar-refractivity contribution is 5.95. The van der Waals surface area contributed by atoms with E-state index in [-0.39, 0.29) is 23.9 Å². The summed E-state index contributed by atoms with van der Waals surface area (Å²) in [4.78, 5) is 16.6. The van der Waals surface area contributed by atoms with E-state index in [1.807, 2.05) is 0 Å². The molecule has 1 amide bonds. The molecule has 4 nitrogen and oxygen atoms in total. The van der Waals surface area contributed by atoms with E-state index in [2.05, 4.69) is 36.9 Å². The number of rotatable bonds is 3. The van der Waals surface area contributed by atoms with Crippen LogP contribution in [0, 0.1) is 19.7 Å². The number of benzene rings is 2. The molecule has 2 aromatic rings. The van der Waals surface area contributed by atoms with Gasteiger partial charge in [-0.1, -0.05) is 18.2 Å². The van der Waals surface area contributed by atoms with Crippen LogP contribution in [-0.4, -0.2) is 42.6 Å². The van der Waals surface area contributed by atoms with Crippen molar-refractivity contribution in [1.82, 2.24) is 4.90 Å². The Morgan fingerprint density at radius 2 is 1.86 bits per heavy atom. The van der Waals surface area contributed by atoms with E-state index in [1.54, 1.807) is 17.0 Å². The number of piperidine rings is 1. The van der Waals surface area contributed by atoms with Crippen LogP contribution in [0.4, 0.5) is 10.1 Å². The second-order valence-electron chi connectivity index (χ2n) is 8.16. The number of nitrogens with zero attached hydrogens (tertiary/aromatic N) is 2. The second kappa shape index (κ2) is 7.64. The summed E-state index contributed by atoms with van der Waals surface area (Å²) in [6.07, 6.45) is 1.97. The van der Waals surface area contributed by atoms with Gasteiger partial charge in [0.1, 0.15) is 12.4 Å². The second-order valence-corrected chi connectivity index (χ2v) is 8.16. The minimum absolute atomic E-state index is 0.0662. The smallest absolute Gasteiger partial charge is 0.253 e. The van der Waals surface area contributed by atoms with Gasteiger partial charge in [0, 0.05) is 18.8 Å². The summed E-state index contributed by atoms with van der Waals surface area (Å²) < 4.78 is 19.4. The van der Waals surface area contributed by atoms with Gasteiger partial charge in [0.25, 0.3) is 5.91 Å². The Hall–Kier alpha value is -2.24. The molecular formula is C23H27FN2O2. The van der Waals surface area contributed by atoms with Crippen LogP contribution in [0.5, 0.6) is 0 Å². The maximum atomic E-state index is 13.3. The van der Waals surface area contributed by atoms with Crippen molar-refractivity contribution in [3.63, 3.8) is 0 Å². The van der Waals surface area contributed by atoms with Crippen molar-refractivity contribution in [2.75, 3.05) is 31.1 Å². The number of morpholine rings is 1. The highest BCUT2D eigenvalue weighted by Crippen LogP contribution is 2.32. The van der Waals surface area contributed by atoms with E-state index in [0.717, 1.165) is 38.2 Å². The molecule has 1 atom stereocenters. The van der Waals surface area contributed by atoms with Crippen molar-refractivity contribution in [3.8, 4) is 0 Å². The Balaban J connectivity index is 1.49. The molecule has 148 valence electrons. The van der Waals surface area contributed by atoms with Crippen LogP contribution in [0.25, 0.3) is 0 Å². The van der Waals surface area contributed by atoms with Gasteiger partial charge >= 0.3 is 0 Å². The zero-order valence-electron chi connectivity index (χ0n) is 16.6. The third-order valence-corrected chi connectivity index (χ3v) is 5.98. The summed E-state index contributed by atoms with van der Waals surface area (Å²) in [6, 6.07) is 12.8. The Morgan fingerprint density at radius 3 is 2.61 bits per heavy atom. The van der Waals surface area contributed by atoms with E-state index in [0.29, 0.717) is 6.54 Å². The lowest BCUT2D eigenvalue weighted by atomic mass is 9.90. The first-order chi connectivity index (χ1) is 13.4. The van der Waals surface area contributed by atoms with Gasteiger partial charge in [0.2, 0.25) is 0 Å². The molecule has 0 saturated carbocycles. The van der Waals surface area contributed by atoms with Crippen LogP contribution in [0.1, 0.15) is 29.5 Å². The van der Waals surface area contributed by atoms with Crippen molar-refractivity contribution < 1.29 is 13.9 Å². The van der Waals surface area contributed by atoms with Crippen molar-refractivity contribution >= 4 is 11.6 Å². The van der Waals surface area contributed by atoms with E-state index >= 15 is 0 Å². The third kappa shape index (κ3) is 3.96. The molecular weight excluding hydrogens is 355 g/mol. The topological polar surface area (TPSA) is 32.8 Å². The van der Waals surface area contributed by atoms with Crippen LogP contribution < -0.4 is 4.90 Å². The number of hydrogen-bond donors (Lipinski definition) is 0. The van der Waals surface area contributed by atoms with Crippen molar-refractivity contribution in [1.29, 1.82) is 0 Å². The molecule has 5 heteroatoms. The molecule has 1 unspecified atom stereocenters. The fourth-order valence-electron chi connectivity index (χ4n) is 4.30. The van der Waals surface area contributed by atoms with Crippen molar-refractivity contribution in [3.05, 3.63) is 65.0 Å². The van der Waals surface area contributed by atoms with E-state index in [4.69, 9.17) is 4.74 Å². The minimum Gasteiger partial charge on any atom is -0.362 e. The van der Waals surface area contributed by atoms with Crippen molar-refractivity contribution in [2.45, 2.75) is 38.8 Å². The number of amides is 1. The first kappa shape index (κ1) is 19.1. The molecule has 28 heavy (non-hydrogen) atoms. The molecule has 0 bridgehead atoms. The van der Waals surface area contributed by atoms with Gasteiger partial charge in [-0.15, -0.1) is 0 Å². The first-order valence-corrected chi connectivity index (χ1v) is 9.93. The molecule has 0 aliphatic carbocycles. The molecule has 1 spiro atoms. The Morgan fingerprint density at radius 1 is 1.07 bits per heavy atom. The summed E-state index contributed by atoms with van der Waals surface area (Å²) in [5, 5.41) is 0. The monoisotopic (exact) mass is 382 g/mol. The lowest BCUT2D eigenvalue weighted by molar-refractivity contribution is -0.146. The summed E-state index contributed by atoms with van der Waals surface area (Å²) in [7, 11) is 0. The highest BCUT2D eigenvalue weighted by Gasteiger charge is 2.43. The summed E-state index contributed by atoms with van der Waals surface area (Å²) >= 11 is 0. The molecule has 4 rings (SSSR count). The van der Waals surface area contributed by atoms with E-state index in [9.17, 15) is 9.18 Å². The fourth-order valence-corrected chi connectivity index (χ4v) is 4.30. The molecule has 0 radical (unpaired) electrons. The number of anilines is 1. The molecule has 0 N–H and O–H groups in total. The average Bonchev–Trinajstić information content (AvgIpc) is 2.68. The number of aryl methyl sites for hydroxylation is 2. The maximum absolute atomic E-state index is 13.3. The predicted molar refractivity (Wildman–Crippen MR) is 108 cm³/mol. The van der Waals surface area contributed by atoms with Crippen molar-refractivity contribution in [2.24, 2.45) is 0 Å². The Bertz CT molecular complexity index is 867. The normalized spacial score (nSPS) is 23.4. The fraction of sp³-hybridized carbons (Fsp3) is 0.435. The zero-order chi connectivity index (χ0) is 19.7. The Labute approximate surface area is 165 Å². The predicted octanol–water partition coefficient (Wildman–Crippen LogP) is 3.84. The number of carbonyl (C=O) groups is 1. The van der Waals surface area contributed by atoms with Gasteiger partial charge < -0.3 is 9.64 Å². The van der Waals surface area contributed by atoms with Gasteiger partial charge in [-0.3, -0.25) is 9.69 Å². The van der Waals surface area contributed by atoms with Crippen LogP contribution >= 0.6 is 0 Å². The molecule has 2 heterocycles. The molecule has 0 aromatic heterocycles. The lowest BCUT2D eigenvalue weighted by Crippen LogP contribution is -2.61. The maximum Gasteiger partial charge on any atom is 0.253 e. The SMILES string of the molecule is Cc1ccc(CN2CCCC3(C2)CN(c2ccc(F)cc2)C(=O)CO3)cc1C. The van der Waals surface area contributed by atoms with Gasteiger partial charge in [-0.25, -0.2) is 4.39 Å². The van der Waals surface area contributed by atoms with Gasteiger partial charge in [-0.2, -0.15) is 0 Å². The first-order valence-electron chi connectivity index (χ1n) is 9.93. The largest absolute Gasteiger partial charge is 0.362 e. The highest BCUT2D eigenvalue weighted by atomic mass is 19.1. The summed E-state index contributed by atoms with van der Waals surface area (Å²) in [6.45, 7) is 7.58. The standard InChI is InChI=1S/C23H27FN2O2/c1-17-4-5-19(12-18(17)2)13-25-11-3-10-23(15-25)16-26(22(27)14-28-23)21-8-6-20(24)7-9-21/h4-9,12H,3,10-11,13-16H2,1-2H3. The molecule has 2 saturated heterocycles. The number of likely N-dealkylation sites (tertiary alicyclic amines) is 1. The molecule has 2 aliphatic heterocycles. The van der Waals surface area contributed by atoms with Crippen LogP contribution in [-0.2, 0) is 16.1 Å². The molecule has 2 fully saturated rings. The van der Waals surface area contributed by atoms with E-state index < -0.39 is 0 Å².